The number of carbonyl (C=O) groups excluding carboxylic acids is 1. The van der Waals surface area contributed by atoms with E-state index in [1.807, 2.05) is 10.6 Å². The number of anilines is 3. The van der Waals surface area contributed by atoms with Gasteiger partial charge in [-0.05, 0) is 43.2 Å². The second kappa shape index (κ2) is 8.50. The summed E-state index contributed by atoms with van der Waals surface area (Å²) < 4.78 is 13.4. The van der Waals surface area contributed by atoms with Gasteiger partial charge in [-0.15, -0.1) is 0 Å². The van der Waals surface area contributed by atoms with Crippen LogP contribution in [0, 0.1) is 0 Å². The van der Waals surface area contributed by atoms with Crippen LogP contribution in [0.4, 0.5) is 17.5 Å². The number of hydrogen-bond donors (Lipinski definition) is 4. The number of fused-ring (bicyclic) bond motifs is 1. The van der Waals surface area contributed by atoms with Gasteiger partial charge in [-0.3, -0.25) is 4.57 Å². The van der Waals surface area contributed by atoms with E-state index in [9.17, 15) is 9.00 Å². The lowest BCUT2D eigenvalue weighted by atomic mass is 9.82. The minimum absolute atomic E-state index is 0.413. The van der Waals surface area contributed by atoms with Gasteiger partial charge in [0.25, 0.3) is 0 Å². The number of nitrogens with one attached hydrogen (secondary N) is 3. The maximum Gasteiger partial charge on any atom is 0.229 e. The summed E-state index contributed by atoms with van der Waals surface area (Å²) in [5.74, 6) is 1.19. The van der Waals surface area contributed by atoms with Crippen LogP contribution >= 0.6 is 0 Å². The first-order valence-corrected chi connectivity index (χ1v) is 11.1. The SMILES string of the molecule is CNNc1cc2cnc(Nc3ccc(S(N)=O)cc3)nc2n1C1(C=O)CCCCC1. The lowest BCUT2D eigenvalue weighted by molar-refractivity contribution is -0.116. The molecule has 1 unspecified atom stereocenters. The summed E-state index contributed by atoms with van der Waals surface area (Å²) in [6.45, 7) is 0. The molecule has 2 heterocycles. The van der Waals surface area contributed by atoms with Gasteiger partial charge in [0.1, 0.15) is 34.3 Å². The van der Waals surface area contributed by atoms with Crippen molar-refractivity contribution in [2.45, 2.75) is 42.5 Å². The van der Waals surface area contributed by atoms with Gasteiger partial charge in [-0.2, -0.15) is 4.98 Å². The van der Waals surface area contributed by atoms with Crippen molar-refractivity contribution in [1.82, 2.24) is 20.0 Å². The molecular weight excluding hydrogens is 402 g/mol. The van der Waals surface area contributed by atoms with Crippen LogP contribution in [0.3, 0.4) is 0 Å². The average molecular weight is 428 g/mol. The highest BCUT2D eigenvalue weighted by atomic mass is 32.2. The normalized spacial score (nSPS) is 16.9. The maximum absolute atomic E-state index is 12.3. The van der Waals surface area contributed by atoms with E-state index < -0.39 is 16.5 Å². The number of aldehydes is 1. The molecule has 158 valence electrons. The fraction of sp³-hybridized carbons (Fsp3) is 0.350. The highest BCUT2D eigenvalue weighted by Crippen LogP contribution is 2.39. The van der Waals surface area contributed by atoms with Crippen molar-refractivity contribution in [1.29, 1.82) is 0 Å². The number of rotatable bonds is 7. The van der Waals surface area contributed by atoms with Crippen molar-refractivity contribution in [3.63, 3.8) is 0 Å². The Balaban J connectivity index is 1.75. The molecule has 4 rings (SSSR count). The van der Waals surface area contributed by atoms with E-state index in [1.54, 1.807) is 37.5 Å². The average Bonchev–Trinajstić information content (AvgIpc) is 3.12. The maximum atomic E-state index is 12.3. The fourth-order valence-electron chi connectivity index (χ4n) is 4.08. The summed E-state index contributed by atoms with van der Waals surface area (Å²) in [6.07, 6.45) is 7.51. The van der Waals surface area contributed by atoms with Crippen LogP contribution in [0.25, 0.3) is 11.0 Å². The van der Waals surface area contributed by atoms with E-state index in [0.29, 0.717) is 16.5 Å². The van der Waals surface area contributed by atoms with Crippen LogP contribution in [0.2, 0.25) is 0 Å². The van der Waals surface area contributed by atoms with Crippen molar-refractivity contribution < 1.29 is 9.00 Å². The van der Waals surface area contributed by atoms with Crippen LogP contribution in [-0.4, -0.2) is 32.1 Å². The Bertz CT molecular complexity index is 1070. The molecule has 0 spiro atoms. The van der Waals surface area contributed by atoms with Gasteiger partial charge in [-0.1, -0.05) is 19.3 Å². The molecule has 0 saturated heterocycles. The summed E-state index contributed by atoms with van der Waals surface area (Å²) in [6, 6.07) is 8.88. The van der Waals surface area contributed by atoms with Crippen LogP contribution in [0.15, 0.2) is 41.4 Å². The minimum Gasteiger partial charge on any atom is -0.324 e. The molecule has 0 amide bonds. The second-order valence-electron chi connectivity index (χ2n) is 7.44. The highest BCUT2D eigenvalue weighted by molar-refractivity contribution is 7.82. The van der Waals surface area contributed by atoms with Crippen LogP contribution in [0.5, 0.6) is 0 Å². The summed E-state index contributed by atoms with van der Waals surface area (Å²) >= 11 is 0. The van der Waals surface area contributed by atoms with Gasteiger partial charge in [0.05, 0.1) is 4.90 Å². The molecule has 9 nitrogen and oxygen atoms in total. The van der Waals surface area contributed by atoms with Gasteiger partial charge in [0.15, 0.2) is 0 Å². The topological polar surface area (TPSA) is 127 Å². The standard InChI is InChI=1S/C20H25N7O2S/c1-22-26-17-11-14-12-23-19(24-15-5-7-16(8-6-15)30(21)29)25-18(14)27(17)20(13-28)9-3-2-4-10-20/h5-8,11-13,22,26H,2-4,9-10,21H2,1H3,(H,23,24,25). The molecule has 2 aromatic heterocycles. The number of nitrogens with two attached hydrogens (primary N) is 1. The zero-order chi connectivity index (χ0) is 21.1. The number of carbonyl (C=O) groups is 1. The molecule has 3 aromatic rings. The zero-order valence-electron chi connectivity index (χ0n) is 16.7. The van der Waals surface area contributed by atoms with E-state index in [0.717, 1.165) is 55.3 Å². The number of benzene rings is 1. The fourth-order valence-corrected chi connectivity index (χ4v) is 4.48. The van der Waals surface area contributed by atoms with Gasteiger partial charge in [0, 0.05) is 24.3 Å². The van der Waals surface area contributed by atoms with E-state index in [4.69, 9.17) is 10.1 Å². The van der Waals surface area contributed by atoms with E-state index in [1.165, 1.54) is 0 Å². The van der Waals surface area contributed by atoms with E-state index >= 15 is 0 Å². The summed E-state index contributed by atoms with van der Waals surface area (Å²) in [5.41, 5.74) is 6.90. The molecule has 1 saturated carbocycles. The lowest BCUT2D eigenvalue weighted by Gasteiger charge is -2.35. The molecule has 5 N–H and O–H groups in total. The molecule has 1 aliphatic carbocycles. The van der Waals surface area contributed by atoms with Gasteiger partial charge in [-0.25, -0.2) is 19.8 Å². The molecule has 1 atom stereocenters. The smallest absolute Gasteiger partial charge is 0.229 e. The number of aromatic nitrogens is 3. The summed E-state index contributed by atoms with van der Waals surface area (Å²) in [5, 5.41) is 9.41. The van der Waals surface area contributed by atoms with Gasteiger partial charge < -0.3 is 15.5 Å². The third-order valence-corrected chi connectivity index (χ3v) is 6.26. The Morgan fingerprint density at radius 3 is 2.57 bits per heavy atom. The first-order valence-electron chi connectivity index (χ1n) is 9.88. The molecule has 0 radical (unpaired) electrons. The number of nitrogens with zero attached hydrogens (tertiary/aromatic N) is 3. The molecular formula is C20H25N7O2S. The second-order valence-corrected chi connectivity index (χ2v) is 8.51. The number of hydrazine groups is 1. The predicted octanol–water partition coefficient (Wildman–Crippen LogP) is 2.56. The molecule has 30 heavy (non-hydrogen) atoms. The Morgan fingerprint density at radius 1 is 1.20 bits per heavy atom. The molecule has 10 heteroatoms. The molecule has 1 aromatic carbocycles. The van der Waals surface area contributed by atoms with E-state index in [-0.39, 0.29) is 0 Å². The van der Waals surface area contributed by atoms with Crippen molar-refractivity contribution in [2.24, 2.45) is 5.14 Å². The third kappa shape index (κ3) is 3.81. The van der Waals surface area contributed by atoms with Crippen LogP contribution < -0.4 is 21.3 Å². The van der Waals surface area contributed by atoms with Gasteiger partial charge in [0.2, 0.25) is 5.95 Å². The van der Waals surface area contributed by atoms with Crippen molar-refractivity contribution in [3.8, 4) is 0 Å². The molecule has 1 aliphatic rings. The highest BCUT2D eigenvalue weighted by Gasteiger charge is 2.37. The Kier molecular flexibility index (Phi) is 5.80. The summed E-state index contributed by atoms with van der Waals surface area (Å²) in [4.78, 5) is 22.0. The minimum atomic E-state index is -1.52. The zero-order valence-corrected chi connectivity index (χ0v) is 17.5. The monoisotopic (exact) mass is 427 g/mol. The number of hydrogen-bond acceptors (Lipinski definition) is 7. The van der Waals surface area contributed by atoms with Crippen molar-refractivity contribution in [2.75, 3.05) is 17.8 Å². The Morgan fingerprint density at radius 2 is 1.93 bits per heavy atom. The Hall–Kier alpha value is -2.82. The third-order valence-electron chi connectivity index (χ3n) is 5.52. The first kappa shape index (κ1) is 20.5. The molecule has 1 fully saturated rings. The predicted molar refractivity (Wildman–Crippen MR) is 118 cm³/mol. The largest absolute Gasteiger partial charge is 0.324 e. The van der Waals surface area contributed by atoms with Gasteiger partial charge >= 0.3 is 0 Å². The van der Waals surface area contributed by atoms with Crippen molar-refractivity contribution in [3.05, 3.63) is 36.5 Å². The Labute approximate surface area is 177 Å². The van der Waals surface area contributed by atoms with Crippen LogP contribution in [0.1, 0.15) is 32.1 Å². The molecule has 0 bridgehead atoms. The summed E-state index contributed by atoms with van der Waals surface area (Å²) in [7, 11) is 0.263. The molecule has 0 aliphatic heterocycles. The van der Waals surface area contributed by atoms with E-state index in [2.05, 4.69) is 21.2 Å². The van der Waals surface area contributed by atoms with Crippen LogP contribution in [-0.2, 0) is 21.3 Å². The lowest BCUT2D eigenvalue weighted by Crippen LogP contribution is -2.39. The first-order chi connectivity index (χ1) is 14.6. The van der Waals surface area contributed by atoms with Crippen molar-refractivity contribution >= 4 is 45.8 Å². The quantitative estimate of drug-likeness (QED) is 0.337.